The predicted molar refractivity (Wildman–Crippen MR) is 145 cm³/mol. The molecule has 0 aliphatic carbocycles. The summed E-state index contributed by atoms with van der Waals surface area (Å²) >= 11 is 0. The van der Waals surface area contributed by atoms with Gasteiger partial charge in [-0.05, 0) is 43.3 Å². The van der Waals surface area contributed by atoms with Gasteiger partial charge in [-0.1, -0.05) is 42.5 Å². The molecule has 0 unspecified atom stereocenters. The van der Waals surface area contributed by atoms with E-state index in [1.165, 1.54) is 0 Å². The molecule has 1 fully saturated rings. The fourth-order valence-corrected chi connectivity index (χ4v) is 8.92. The number of fused-ring (bicyclic) bond motifs is 2. The summed E-state index contributed by atoms with van der Waals surface area (Å²) in [5.41, 5.74) is 1.96. The van der Waals surface area contributed by atoms with Crippen LogP contribution in [0, 0.1) is 5.92 Å². The van der Waals surface area contributed by atoms with E-state index in [9.17, 15) is 14.7 Å². The van der Waals surface area contributed by atoms with Gasteiger partial charge in [0.1, 0.15) is 5.75 Å². The summed E-state index contributed by atoms with van der Waals surface area (Å²) in [5, 5.41) is 17.5. The standard InChI is InChI=1S/C28H36N4O5Si/c1-19-26(38(3,4)35)25(12-14-31-18-21(13-15-33)29-30-31)37-28(19)23-16-22(36-2)10-11-24(23)32(27(28)34)17-20-8-6-5-7-9-20/h5-11,16,18-19,25-26,33,35H,12-15,17H2,1-4H3/t19-,25+,26-,28+/m1/s1. The Hall–Kier alpha value is -3.05. The van der Waals surface area contributed by atoms with E-state index in [-0.39, 0.29) is 30.1 Å². The number of ether oxygens (including phenoxy) is 2. The maximum atomic E-state index is 14.4. The Morgan fingerprint density at radius 1 is 1.18 bits per heavy atom. The molecule has 3 heterocycles. The Balaban J connectivity index is 1.52. The molecule has 1 saturated heterocycles. The summed E-state index contributed by atoms with van der Waals surface area (Å²) in [6.45, 7) is 6.86. The summed E-state index contributed by atoms with van der Waals surface area (Å²) in [4.78, 5) is 27.7. The molecule has 9 nitrogen and oxygen atoms in total. The minimum atomic E-state index is -2.76. The highest BCUT2D eigenvalue weighted by molar-refractivity contribution is 6.71. The lowest BCUT2D eigenvalue weighted by molar-refractivity contribution is -0.146. The molecule has 4 atom stereocenters. The molecule has 1 spiro atoms. The van der Waals surface area contributed by atoms with Gasteiger partial charge in [0, 0.05) is 42.8 Å². The monoisotopic (exact) mass is 536 g/mol. The zero-order chi connectivity index (χ0) is 27.1. The molecule has 0 bridgehead atoms. The first kappa shape index (κ1) is 26.5. The lowest BCUT2D eigenvalue weighted by Crippen LogP contribution is -2.46. The molecule has 202 valence electrons. The van der Waals surface area contributed by atoms with Gasteiger partial charge in [0.05, 0.1) is 31.1 Å². The molecule has 2 aliphatic rings. The molecular formula is C28H36N4O5Si. The highest BCUT2D eigenvalue weighted by Crippen LogP contribution is 2.60. The molecule has 2 aliphatic heterocycles. The van der Waals surface area contributed by atoms with Gasteiger partial charge in [-0.15, -0.1) is 5.10 Å². The first-order chi connectivity index (χ1) is 18.2. The van der Waals surface area contributed by atoms with E-state index in [1.54, 1.807) is 11.8 Å². The van der Waals surface area contributed by atoms with E-state index in [0.717, 1.165) is 22.5 Å². The average Bonchev–Trinajstić information content (AvgIpc) is 3.53. The third-order valence-electron chi connectivity index (χ3n) is 7.97. The van der Waals surface area contributed by atoms with Crippen molar-refractivity contribution in [3.8, 4) is 5.75 Å². The van der Waals surface area contributed by atoms with Crippen molar-refractivity contribution in [1.29, 1.82) is 0 Å². The molecule has 38 heavy (non-hydrogen) atoms. The number of benzene rings is 2. The number of aryl methyl sites for hydroxylation is 1. The summed E-state index contributed by atoms with van der Waals surface area (Å²) in [6.07, 6.45) is 2.50. The van der Waals surface area contributed by atoms with E-state index in [0.29, 0.717) is 31.7 Å². The largest absolute Gasteiger partial charge is 0.497 e. The van der Waals surface area contributed by atoms with Crippen LogP contribution in [0.2, 0.25) is 18.6 Å². The van der Waals surface area contributed by atoms with Crippen LogP contribution in [0.1, 0.15) is 30.2 Å². The van der Waals surface area contributed by atoms with Crippen LogP contribution in [0.15, 0.2) is 54.7 Å². The average molecular weight is 537 g/mol. The van der Waals surface area contributed by atoms with Gasteiger partial charge in [0.15, 0.2) is 13.9 Å². The van der Waals surface area contributed by atoms with E-state index in [2.05, 4.69) is 10.3 Å². The number of carbonyl (C=O) groups is 1. The number of hydrogen-bond donors (Lipinski definition) is 2. The van der Waals surface area contributed by atoms with Gasteiger partial charge >= 0.3 is 0 Å². The molecule has 2 aromatic carbocycles. The Kier molecular flexibility index (Phi) is 7.16. The number of aliphatic hydroxyl groups is 1. The fourth-order valence-electron chi connectivity index (χ4n) is 6.31. The maximum Gasteiger partial charge on any atom is 0.264 e. The number of carbonyl (C=O) groups excluding carboxylic acids is 1. The van der Waals surface area contributed by atoms with E-state index in [1.807, 2.05) is 79.6 Å². The second-order valence-corrected chi connectivity index (χ2v) is 14.8. The summed E-state index contributed by atoms with van der Waals surface area (Å²) in [5.74, 6) is 0.306. The summed E-state index contributed by atoms with van der Waals surface area (Å²) < 4.78 is 14.2. The molecule has 1 aromatic heterocycles. The molecule has 5 rings (SSSR count). The quantitative estimate of drug-likeness (QED) is 0.404. The summed E-state index contributed by atoms with van der Waals surface area (Å²) in [6, 6.07) is 15.6. The fraction of sp³-hybridized carbons (Fsp3) is 0.464. The predicted octanol–water partition coefficient (Wildman–Crippen LogP) is 3.26. The Morgan fingerprint density at radius 3 is 2.63 bits per heavy atom. The van der Waals surface area contributed by atoms with Gasteiger partial charge in [0.25, 0.3) is 5.91 Å². The normalized spacial score (nSPS) is 24.8. The first-order valence-corrected chi connectivity index (χ1v) is 16.2. The lowest BCUT2D eigenvalue weighted by Gasteiger charge is -2.32. The molecule has 2 N–H and O–H groups in total. The number of methoxy groups -OCH3 is 1. The smallest absolute Gasteiger partial charge is 0.264 e. The number of aliphatic hydroxyl groups excluding tert-OH is 1. The number of anilines is 1. The van der Waals surface area contributed by atoms with Crippen LogP contribution in [0.25, 0.3) is 0 Å². The molecule has 3 aromatic rings. The van der Waals surface area contributed by atoms with Crippen molar-refractivity contribution >= 4 is 19.9 Å². The topological polar surface area (TPSA) is 110 Å². The van der Waals surface area contributed by atoms with Crippen molar-refractivity contribution in [3.63, 3.8) is 0 Å². The van der Waals surface area contributed by atoms with Crippen LogP contribution in [-0.4, -0.2) is 58.9 Å². The minimum Gasteiger partial charge on any atom is -0.497 e. The van der Waals surface area contributed by atoms with Crippen LogP contribution >= 0.6 is 0 Å². The first-order valence-electron chi connectivity index (χ1n) is 13.1. The van der Waals surface area contributed by atoms with Crippen molar-refractivity contribution in [1.82, 2.24) is 15.0 Å². The van der Waals surface area contributed by atoms with Crippen molar-refractivity contribution in [2.45, 2.75) is 63.2 Å². The van der Waals surface area contributed by atoms with Crippen LogP contribution in [-0.2, 0) is 34.6 Å². The highest BCUT2D eigenvalue weighted by atomic mass is 28.4. The second-order valence-electron chi connectivity index (χ2n) is 10.9. The van der Waals surface area contributed by atoms with E-state index in [4.69, 9.17) is 9.47 Å². The number of rotatable bonds is 9. The molecular weight excluding hydrogens is 500 g/mol. The number of amides is 1. The van der Waals surface area contributed by atoms with Gasteiger partial charge < -0.3 is 24.3 Å². The Bertz CT molecular complexity index is 1290. The van der Waals surface area contributed by atoms with Crippen LogP contribution in [0.3, 0.4) is 0 Å². The summed E-state index contributed by atoms with van der Waals surface area (Å²) in [7, 11) is -1.15. The van der Waals surface area contributed by atoms with E-state index >= 15 is 0 Å². The van der Waals surface area contributed by atoms with Crippen LogP contribution in [0.4, 0.5) is 5.69 Å². The van der Waals surface area contributed by atoms with Gasteiger partial charge in [-0.3, -0.25) is 9.48 Å². The third kappa shape index (κ3) is 4.55. The molecule has 1 amide bonds. The lowest BCUT2D eigenvalue weighted by atomic mass is 9.82. The van der Waals surface area contributed by atoms with Gasteiger partial charge in [-0.2, -0.15) is 0 Å². The third-order valence-corrected chi connectivity index (χ3v) is 10.5. The molecule has 10 heteroatoms. The van der Waals surface area contributed by atoms with Crippen molar-refractivity contribution in [2.75, 3.05) is 18.6 Å². The number of hydrogen-bond acceptors (Lipinski definition) is 7. The Morgan fingerprint density at radius 2 is 1.95 bits per heavy atom. The number of nitrogens with zero attached hydrogens (tertiary/aromatic N) is 4. The highest BCUT2D eigenvalue weighted by Gasteiger charge is 2.66. The van der Waals surface area contributed by atoms with Crippen LogP contribution in [0.5, 0.6) is 5.75 Å². The Labute approximate surface area is 224 Å². The van der Waals surface area contributed by atoms with E-state index < -0.39 is 13.9 Å². The SMILES string of the molecule is COc1ccc2c(c1)[C@]1(O[C@@H](CCn3cc(CCO)nn3)[C@H]([Si](C)(C)O)[C@H]1C)C(=O)N2Cc1ccccc1. The van der Waals surface area contributed by atoms with Gasteiger partial charge in [-0.25, -0.2) is 0 Å². The van der Waals surface area contributed by atoms with Crippen LogP contribution < -0.4 is 9.64 Å². The van der Waals surface area contributed by atoms with Gasteiger partial charge in [0.2, 0.25) is 0 Å². The van der Waals surface area contributed by atoms with Crippen molar-refractivity contribution < 1.29 is 24.2 Å². The number of aromatic nitrogens is 3. The molecule has 0 saturated carbocycles. The zero-order valence-corrected chi connectivity index (χ0v) is 23.4. The molecule has 0 radical (unpaired) electrons. The van der Waals surface area contributed by atoms with Crippen molar-refractivity contribution in [3.05, 3.63) is 71.5 Å². The van der Waals surface area contributed by atoms with Crippen molar-refractivity contribution in [2.24, 2.45) is 5.92 Å². The second kappa shape index (κ2) is 10.3. The maximum absolute atomic E-state index is 14.4. The minimum absolute atomic E-state index is 0.0152. The zero-order valence-electron chi connectivity index (χ0n) is 22.4.